The molecule has 2 heterocycles. The summed E-state index contributed by atoms with van der Waals surface area (Å²) < 4.78 is 10.6. The Balaban J connectivity index is 1.35. The minimum Gasteiger partial charge on any atom is -0.497 e. The predicted molar refractivity (Wildman–Crippen MR) is 118 cm³/mol. The van der Waals surface area contributed by atoms with E-state index in [4.69, 9.17) is 9.47 Å². The fourth-order valence-electron chi connectivity index (χ4n) is 4.98. The first-order chi connectivity index (χ1) is 15.2. The number of hydrogen-bond donors (Lipinski definition) is 1. The van der Waals surface area contributed by atoms with E-state index >= 15 is 0 Å². The summed E-state index contributed by atoms with van der Waals surface area (Å²) in [6.45, 7) is 5.34. The zero-order valence-electron chi connectivity index (χ0n) is 18.4. The van der Waals surface area contributed by atoms with Gasteiger partial charge in [-0.2, -0.15) is 0 Å². The van der Waals surface area contributed by atoms with Crippen molar-refractivity contribution in [1.29, 1.82) is 0 Å². The Bertz CT molecular complexity index is 736. The Morgan fingerprint density at radius 3 is 2.23 bits per heavy atom. The number of ether oxygens (including phenoxy) is 2. The molecule has 0 aromatic heterocycles. The Labute approximate surface area is 184 Å². The fourth-order valence-corrected chi connectivity index (χ4v) is 4.98. The van der Waals surface area contributed by atoms with Crippen LogP contribution in [0.15, 0.2) is 24.3 Å². The van der Waals surface area contributed by atoms with Crippen molar-refractivity contribution in [2.75, 3.05) is 64.9 Å². The molecular formula is C23H34N4O4. The van der Waals surface area contributed by atoms with Gasteiger partial charge in [0, 0.05) is 45.0 Å². The first-order valence-electron chi connectivity index (χ1n) is 11.5. The topological polar surface area (TPSA) is 74.4 Å². The summed E-state index contributed by atoms with van der Waals surface area (Å²) in [6.07, 6.45) is 4.67. The summed E-state index contributed by atoms with van der Waals surface area (Å²) in [5, 5.41) is 2.96. The molecule has 1 aliphatic carbocycles. The van der Waals surface area contributed by atoms with Crippen LogP contribution in [0.25, 0.3) is 0 Å². The lowest BCUT2D eigenvalue weighted by molar-refractivity contribution is -0.144. The highest BCUT2D eigenvalue weighted by molar-refractivity contribution is 5.89. The maximum atomic E-state index is 13.4. The molecule has 4 rings (SSSR count). The maximum Gasteiger partial charge on any atom is 0.321 e. The lowest BCUT2D eigenvalue weighted by atomic mass is 9.94. The number of hydrogen-bond acceptors (Lipinski definition) is 5. The number of piperazine rings is 1. The van der Waals surface area contributed by atoms with Crippen LogP contribution in [0.2, 0.25) is 0 Å². The molecule has 3 aliphatic rings. The molecule has 0 spiro atoms. The third-order valence-corrected chi connectivity index (χ3v) is 6.76. The molecule has 170 valence electrons. The van der Waals surface area contributed by atoms with Gasteiger partial charge in [0.05, 0.1) is 26.4 Å². The smallest absolute Gasteiger partial charge is 0.321 e. The second kappa shape index (κ2) is 10.3. The van der Waals surface area contributed by atoms with E-state index in [2.05, 4.69) is 10.2 Å². The third kappa shape index (κ3) is 5.30. The summed E-state index contributed by atoms with van der Waals surface area (Å²) in [6, 6.07) is 7.18. The predicted octanol–water partition coefficient (Wildman–Crippen LogP) is 2.26. The van der Waals surface area contributed by atoms with Crippen LogP contribution in [0.1, 0.15) is 25.7 Å². The molecule has 31 heavy (non-hydrogen) atoms. The van der Waals surface area contributed by atoms with E-state index in [1.54, 1.807) is 7.11 Å². The number of nitrogens with zero attached hydrogens (tertiary/aromatic N) is 3. The van der Waals surface area contributed by atoms with Crippen LogP contribution in [-0.2, 0) is 9.53 Å². The van der Waals surface area contributed by atoms with Gasteiger partial charge in [0.25, 0.3) is 0 Å². The summed E-state index contributed by atoms with van der Waals surface area (Å²) >= 11 is 0. The highest BCUT2D eigenvalue weighted by Gasteiger charge is 2.39. The van der Waals surface area contributed by atoms with Crippen molar-refractivity contribution in [3.63, 3.8) is 0 Å². The molecule has 3 fully saturated rings. The second-order valence-electron chi connectivity index (χ2n) is 8.61. The minimum atomic E-state index is -0.0956. The molecule has 0 unspecified atom stereocenters. The number of carbonyl (C=O) groups excluding carboxylic acids is 2. The molecular weight excluding hydrogens is 396 g/mol. The Morgan fingerprint density at radius 1 is 0.968 bits per heavy atom. The number of carbonyl (C=O) groups is 2. The van der Waals surface area contributed by atoms with Gasteiger partial charge in [-0.1, -0.05) is 12.8 Å². The molecule has 1 saturated carbocycles. The molecule has 1 atom stereocenters. The molecule has 8 heteroatoms. The van der Waals surface area contributed by atoms with Crippen LogP contribution < -0.4 is 10.1 Å². The molecule has 1 aromatic carbocycles. The van der Waals surface area contributed by atoms with Crippen molar-refractivity contribution >= 4 is 17.6 Å². The Morgan fingerprint density at radius 2 is 1.61 bits per heavy atom. The van der Waals surface area contributed by atoms with Gasteiger partial charge in [-0.05, 0) is 43.0 Å². The molecule has 8 nitrogen and oxygen atoms in total. The first kappa shape index (κ1) is 21.9. The van der Waals surface area contributed by atoms with Crippen molar-refractivity contribution in [2.45, 2.75) is 31.7 Å². The van der Waals surface area contributed by atoms with E-state index in [9.17, 15) is 9.59 Å². The van der Waals surface area contributed by atoms with Crippen LogP contribution in [0.5, 0.6) is 5.75 Å². The monoisotopic (exact) mass is 430 g/mol. The Kier molecular flexibility index (Phi) is 7.29. The quantitative estimate of drug-likeness (QED) is 0.776. The highest BCUT2D eigenvalue weighted by atomic mass is 16.5. The van der Waals surface area contributed by atoms with Gasteiger partial charge in [0.2, 0.25) is 5.91 Å². The van der Waals surface area contributed by atoms with Crippen LogP contribution >= 0.6 is 0 Å². The largest absolute Gasteiger partial charge is 0.497 e. The average molecular weight is 431 g/mol. The van der Waals surface area contributed by atoms with E-state index < -0.39 is 0 Å². The Hall–Kier alpha value is -2.32. The number of morpholine rings is 1. The van der Waals surface area contributed by atoms with E-state index in [1.165, 1.54) is 12.8 Å². The minimum absolute atomic E-state index is 0.0626. The lowest BCUT2D eigenvalue weighted by Crippen LogP contribution is -2.59. The van der Waals surface area contributed by atoms with Crippen LogP contribution in [0.3, 0.4) is 0 Å². The molecule has 1 aromatic rings. The van der Waals surface area contributed by atoms with Crippen LogP contribution in [0.4, 0.5) is 10.5 Å². The zero-order valence-corrected chi connectivity index (χ0v) is 18.4. The van der Waals surface area contributed by atoms with Crippen molar-refractivity contribution in [3.8, 4) is 5.75 Å². The summed E-state index contributed by atoms with van der Waals surface area (Å²) in [4.78, 5) is 32.3. The zero-order chi connectivity index (χ0) is 21.6. The van der Waals surface area contributed by atoms with Gasteiger partial charge in [0.15, 0.2) is 0 Å². The normalized spacial score (nSPS) is 21.7. The van der Waals surface area contributed by atoms with Crippen molar-refractivity contribution < 1.29 is 19.1 Å². The van der Waals surface area contributed by atoms with Crippen molar-refractivity contribution in [1.82, 2.24) is 14.7 Å². The maximum absolute atomic E-state index is 13.4. The number of methoxy groups -OCH3 is 1. The number of urea groups is 1. The molecule has 0 bridgehead atoms. The summed E-state index contributed by atoms with van der Waals surface area (Å²) in [5.41, 5.74) is 0.750. The highest BCUT2D eigenvalue weighted by Crippen LogP contribution is 2.32. The SMILES string of the molecule is COc1ccc(NC(=O)N2CCN([C@@H](C(=O)N3CCOCC3)C3CCCC3)CC2)cc1. The molecule has 2 saturated heterocycles. The van der Waals surface area contributed by atoms with Gasteiger partial charge < -0.3 is 24.6 Å². The number of amides is 3. The first-order valence-corrected chi connectivity index (χ1v) is 11.5. The summed E-state index contributed by atoms with van der Waals surface area (Å²) in [5.74, 6) is 1.44. The van der Waals surface area contributed by atoms with E-state index in [1.807, 2.05) is 34.1 Å². The standard InChI is InChI=1S/C23H34N4O4/c1-30-20-8-6-19(7-9-20)24-23(29)27-12-10-25(11-13-27)21(18-4-2-3-5-18)22(28)26-14-16-31-17-15-26/h6-9,18,21H,2-5,10-17H2,1H3,(H,24,29)/t21-/m1/s1. The third-order valence-electron chi connectivity index (χ3n) is 6.76. The number of rotatable bonds is 5. The van der Waals surface area contributed by atoms with Gasteiger partial charge >= 0.3 is 6.03 Å². The lowest BCUT2D eigenvalue weighted by Gasteiger charge is -2.42. The van der Waals surface area contributed by atoms with Gasteiger partial charge in [-0.15, -0.1) is 0 Å². The molecule has 3 amide bonds. The van der Waals surface area contributed by atoms with E-state index in [0.29, 0.717) is 45.3 Å². The van der Waals surface area contributed by atoms with Crippen molar-refractivity contribution in [2.24, 2.45) is 5.92 Å². The van der Waals surface area contributed by atoms with Crippen LogP contribution in [-0.4, -0.2) is 92.3 Å². The fraction of sp³-hybridized carbons (Fsp3) is 0.652. The molecule has 0 radical (unpaired) electrons. The van der Waals surface area contributed by atoms with Crippen LogP contribution in [0, 0.1) is 5.92 Å². The van der Waals surface area contributed by atoms with E-state index in [-0.39, 0.29) is 18.0 Å². The van der Waals surface area contributed by atoms with Crippen molar-refractivity contribution in [3.05, 3.63) is 24.3 Å². The average Bonchev–Trinajstić information content (AvgIpc) is 3.35. The van der Waals surface area contributed by atoms with Gasteiger partial charge in [-0.25, -0.2) is 4.79 Å². The molecule has 2 aliphatic heterocycles. The van der Waals surface area contributed by atoms with E-state index in [0.717, 1.165) is 37.4 Å². The number of benzene rings is 1. The van der Waals surface area contributed by atoms with Gasteiger partial charge in [0.1, 0.15) is 5.75 Å². The molecule has 1 N–H and O–H groups in total. The summed E-state index contributed by atoms with van der Waals surface area (Å²) in [7, 11) is 1.62. The second-order valence-corrected chi connectivity index (χ2v) is 8.61. The van der Waals surface area contributed by atoms with Gasteiger partial charge in [-0.3, -0.25) is 9.69 Å². The number of anilines is 1. The number of nitrogens with one attached hydrogen (secondary N) is 1.